The molecule has 21 heavy (non-hydrogen) atoms. The Kier molecular flexibility index (Phi) is 3.98. The van der Waals surface area contributed by atoms with Crippen molar-refractivity contribution in [3.63, 3.8) is 0 Å². The van der Waals surface area contributed by atoms with Gasteiger partial charge in [-0.1, -0.05) is 19.9 Å². The van der Waals surface area contributed by atoms with E-state index < -0.39 is 0 Å². The van der Waals surface area contributed by atoms with Crippen molar-refractivity contribution >= 4 is 5.91 Å². The first kappa shape index (κ1) is 14.5. The molecule has 0 aromatic carbocycles. The van der Waals surface area contributed by atoms with Crippen molar-refractivity contribution in [1.82, 2.24) is 15.2 Å². The van der Waals surface area contributed by atoms with Gasteiger partial charge >= 0.3 is 0 Å². The van der Waals surface area contributed by atoms with Crippen LogP contribution in [0.5, 0.6) is 0 Å². The first-order valence-electron chi connectivity index (χ1n) is 8.02. The molecule has 1 saturated heterocycles. The topological polar surface area (TPSA) is 45.2 Å². The second kappa shape index (κ2) is 5.76. The number of nitrogens with one attached hydrogen (secondary N) is 1. The first-order chi connectivity index (χ1) is 10.1. The highest BCUT2D eigenvalue weighted by Gasteiger charge is 2.43. The molecule has 1 aliphatic heterocycles. The standard InChI is InChI=1S/C17H25N3O/c1-17(2)9-5-11-19-15(17)16(21)20(14-7-8-14)12-13-6-3-4-10-18-13/h3-4,6,10,14-15,19H,5,7-9,11-12H2,1-2H3. The lowest BCUT2D eigenvalue weighted by molar-refractivity contribution is -0.138. The number of amides is 1. The van der Waals surface area contributed by atoms with Gasteiger partial charge in [0.2, 0.25) is 5.91 Å². The molecule has 3 rings (SSSR count). The summed E-state index contributed by atoms with van der Waals surface area (Å²) in [5.74, 6) is 0.257. The number of nitrogens with zero attached hydrogens (tertiary/aromatic N) is 2. The lowest BCUT2D eigenvalue weighted by Gasteiger charge is -2.41. The zero-order valence-corrected chi connectivity index (χ0v) is 13.0. The van der Waals surface area contributed by atoms with Crippen molar-refractivity contribution in [2.45, 2.75) is 58.2 Å². The second-order valence-electron chi connectivity index (χ2n) is 7.00. The SMILES string of the molecule is CC1(C)CCCNC1C(=O)N(Cc1ccccn1)C1CC1. The van der Waals surface area contributed by atoms with Crippen molar-refractivity contribution in [3.05, 3.63) is 30.1 Å². The molecule has 1 atom stereocenters. The number of rotatable bonds is 4. The summed E-state index contributed by atoms with van der Waals surface area (Å²) in [5.41, 5.74) is 1.01. The van der Waals surface area contributed by atoms with E-state index in [1.807, 2.05) is 23.1 Å². The van der Waals surface area contributed by atoms with Gasteiger partial charge in [-0.25, -0.2) is 0 Å². The third-order valence-corrected chi connectivity index (χ3v) is 4.70. The first-order valence-corrected chi connectivity index (χ1v) is 8.02. The Labute approximate surface area is 126 Å². The number of hydrogen-bond acceptors (Lipinski definition) is 3. The van der Waals surface area contributed by atoms with Crippen molar-refractivity contribution in [2.24, 2.45) is 5.41 Å². The van der Waals surface area contributed by atoms with E-state index in [0.29, 0.717) is 12.6 Å². The maximum atomic E-state index is 13.0. The van der Waals surface area contributed by atoms with Gasteiger partial charge in [0.05, 0.1) is 18.3 Å². The molecule has 1 unspecified atom stereocenters. The largest absolute Gasteiger partial charge is 0.332 e. The average Bonchev–Trinajstić information content (AvgIpc) is 3.29. The van der Waals surface area contributed by atoms with Crippen LogP contribution in [-0.2, 0) is 11.3 Å². The lowest BCUT2D eigenvalue weighted by Crippen LogP contribution is -2.56. The van der Waals surface area contributed by atoms with Crippen LogP contribution in [-0.4, -0.2) is 34.4 Å². The zero-order chi connectivity index (χ0) is 14.9. The Morgan fingerprint density at radius 2 is 2.24 bits per heavy atom. The molecule has 1 N–H and O–H groups in total. The Balaban J connectivity index is 1.76. The summed E-state index contributed by atoms with van der Waals surface area (Å²) in [7, 11) is 0. The monoisotopic (exact) mass is 287 g/mol. The summed E-state index contributed by atoms with van der Waals surface area (Å²) in [4.78, 5) is 19.5. The Morgan fingerprint density at radius 3 is 2.86 bits per heavy atom. The fourth-order valence-corrected chi connectivity index (χ4v) is 3.24. The lowest BCUT2D eigenvalue weighted by atomic mass is 9.77. The molecule has 1 aromatic rings. The minimum atomic E-state index is -0.0597. The van der Waals surface area contributed by atoms with Crippen molar-refractivity contribution in [3.8, 4) is 0 Å². The number of hydrogen-bond donors (Lipinski definition) is 1. The number of aromatic nitrogens is 1. The summed E-state index contributed by atoms with van der Waals surface area (Å²) < 4.78 is 0. The fourth-order valence-electron chi connectivity index (χ4n) is 3.24. The average molecular weight is 287 g/mol. The van der Waals surface area contributed by atoms with Gasteiger partial charge in [-0.15, -0.1) is 0 Å². The van der Waals surface area contributed by atoms with Crippen LogP contribution < -0.4 is 5.32 Å². The Bertz CT molecular complexity index is 496. The van der Waals surface area contributed by atoms with Gasteiger partial charge in [0, 0.05) is 12.2 Å². The molecule has 0 radical (unpaired) electrons. The molecule has 4 nitrogen and oxygen atoms in total. The van der Waals surface area contributed by atoms with Crippen molar-refractivity contribution in [2.75, 3.05) is 6.54 Å². The summed E-state index contributed by atoms with van der Waals surface area (Å²) >= 11 is 0. The highest BCUT2D eigenvalue weighted by molar-refractivity contribution is 5.83. The maximum Gasteiger partial charge on any atom is 0.240 e. The third-order valence-electron chi connectivity index (χ3n) is 4.70. The second-order valence-corrected chi connectivity index (χ2v) is 7.00. The van der Waals surface area contributed by atoms with Gasteiger partial charge in [0.1, 0.15) is 0 Å². The highest BCUT2D eigenvalue weighted by Crippen LogP contribution is 2.35. The van der Waals surface area contributed by atoms with Gasteiger partial charge in [-0.2, -0.15) is 0 Å². The summed E-state index contributed by atoms with van der Waals surface area (Å²) in [6, 6.07) is 6.26. The van der Waals surface area contributed by atoms with Crippen LogP contribution in [0, 0.1) is 5.41 Å². The predicted molar refractivity (Wildman–Crippen MR) is 82.6 cm³/mol. The van der Waals surface area contributed by atoms with E-state index >= 15 is 0 Å². The van der Waals surface area contributed by atoms with Gasteiger partial charge in [0.15, 0.2) is 0 Å². The summed E-state index contributed by atoms with van der Waals surface area (Å²) in [6.07, 6.45) is 6.32. The molecular formula is C17H25N3O. The van der Waals surface area contributed by atoms with Crippen molar-refractivity contribution < 1.29 is 4.79 Å². The van der Waals surface area contributed by atoms with Gasteiger partial charge in [0.25, 0.3) is 0 Å². The van der Waals surface area contributed by atoms with E-state index in [9.17, 15) is 4.79 Å². The van der Waals surface area contributed by atoms with E-state index in [2.05, 4.69) is 24.1 Å². The maximum absolute atomic E-state index is 13.0. The van der Waals surface area contributed by atoms with Crippen LogP contribution in [0.25, 0.3) is 0 Å². The Hall–Kier alpha value is -1.42. The molecule has 2 fully saturated rings. The summed E-state index contributed by atoms with van der Waals surface area (Å²) in [5, 5.41) is 3.45. The summed E-state index contributed by atoms with van der Waals surface area (Å²) in [6.45, 7) is 5.99. The molecule has 0 spiro atoms. The van der Waals surface area contributed by atoms with E-state index in [0.717, 1.165) is 37.9 Å². The molecule has 1 saturated carbocycles. The minimum absolute atomic E-state index is 0.0343. The number of carbonyl (C=O) groups is 1. The normalized spacial score (nSPS) is 24.6. The van der Waals surface area contributed by atoms with Crippen LogP contribution in [0.4, 0.5) is 0 Å². The molecular weight excluding hydrogens is 262 g/mol. The van der Waals surface area contributed by atoms with Gasteiger partial charge in [-0.05, 0) is 49.8 Å². The van der Waals surface area contributed by atoms with Crippen LogP contribution in [0.2, 0.25) is 0 Å². The van der Waals surface area contributed by atoms with E-state index in [4.69, 9.17) is 0 Å². The molecule has 2 heterocycles. The minimum Gasteiger partial charge on any atom is -0.332 e. The van der Waals surface area contributed by atoms with E-state index in [-0.39, 0.29) is 17.4 Å². The van der Waals surface area contributed by atoms with Gasteiger partial charge < -0.3 is 10.2 Å². The molecule has 4 heteroatoms. The fraction of sp³-hybridized carbons (Fsp3) is 0.647. The predicted octanol–water partition coefficient (Wildman–Crippen LogP) is 2.35. The molecule has 1 aliphatic carbocycles. The van der Waals surface area contributed by atoms with E-state index in [1.54, 1.807) is 6.20 Å². The molecule has 2 aliphatic rings. The molecule has 0 bridgehead atoms. The van der Waals surface area contributed by atoms with Gasteiger partial charge in [-0.3, -0.25) is 9.78 Å². The molecule has 114 valence electrons. The smallest absolute Gasteiger partial charge is 0.240 e. The highest BCUT2D eigenvalue weighted by atomic mass is 16.2. The quantitative estimate of drug-likeness (QED) is 0.924. The van der Waals surface area contributed by atoms with Crippen LogP contribution >= 0.6 is 0 Å². The number of piperidine rings is 1. The third kappa shape index (κ3) is 3.26. The Morgan fingerprint density at radius 1 is 1.43 bits per heavy atom. The van der Waals surface area contributed by atoms with Crippen LogP contribution in [0.15, 0.2) is 24.4 Å². The van der Waals surface area contributed by atoms with E-state index in [1.165, 1.54) is 0 Å². The van der Waals surface area contributed by atoms with Crippen LogP contribution in [0.3, 0.4) is 0 Å². The number of carbonyl (C=O) groups excluding carboxylic acids is 1. The van der Waals surface area contributed by atoms with Crippen molar-refractivity contribution in [1.29, 1.82) is 0 Å². The molecule has 1 aromatic heterocycles. The number of pyridine rings is 1. The molecule has 1 amide bonds. The zero-order valence-electron chi connectivity index (χ0n) is 13.0. The van der Waals surface area contributed by atoms with Crippen LogP contribution in [0.1, 0.15) is 45.2 Å².